The first-order valence-corrected chi connectivity index (χ1v) is 9.14. The highest BCUT2D eigenvalue weighted by molar-refractivity contribution is 5.88. The SMILES string of the molecule is Cc1c(C=Nc2ccc3[nH]c(=O)[nH]c3c2)c(O)n(Cc2ccccc2)c(=O)c1C#N. The summed E-state index contributed by atoms with van der Waals surface area (Å²) >= 11 is 0. The summed E-state index contributed by atoms with van der Waals surface area (Å²) in [5.41, 5.74) is 2.32. The van der Waals surface area contributed by atoms with Gasteiger partial charge in [0.2, 0.25) is 5.88 Å². The van der Waals surface area contributed by atoms with Crippen molar-refractivity contribution in [3.05, 3.63) is 91.6 Å². The minimum Gasteiger partial charge on any atom is -0.494 e. The van der Waals surface area contributed by atoms with E-state index in [1.54, 1.807) is 25.1 Å². The van der Waals surface area contributed by atoms with Crippen LogP contribution in [0.2, 0.25) is 0 Å². The molecule has 30 heavy (non-hydrogen) atoms. The zero-order valence-corrected chi connectivity index (χ0v) is 16.0. The molecule has 0 saturated heterocycles. The van der Waals surface area contributed by atoms with Crippen molar-refractivity contribution in [3.63, 3.8) is 0 Å². The van der Waals surface area contributed by atoms with Gasteiger partial charge in [0, 0.05) is 6.21 Å². The van der Waals surface area contributed by atoms with Crippen LogP contribution in [-0.4, -0.2) is 25.9 Å². The van der Waals surface area contributed by atoms with Crippen molar-refractivity contribution in [1.29, 1.82) is 5.26 Å². The van der Waals surface area contributed by atoms with Crippen LogP contribution < -0.4 is 11.2 Å². The molecule has 0 aliphatic rings. The number of nitrogens with zero attached hydrogens (tertiary/aromatic N) is 3. The maximum absolute atomic E-state index is 12.7. The van der Waals surface area contributed by atoms with Gasteiger partial charge in [-0.15, -0.1) is 0 Å². The second-order valence-electron chi connectivity index (χ2n) is 6.79. The predicted octanol–water partition coefficient (Wildman–Crippen LogP) is 2.70. The van der Waals surface area contributed by atoms with Gasteiger partial charge in [0.15, 0.2) is 0 Å². The van der Waals surface area contributed by atoms with Crippen LogP contribution >= 0.6 is 0 Å². The van der Waals surface area contributed by atoms with E-state index in [4.69, 9.17) is 0 Å². The first kappa shape index (κ1) is 19.0. The number of H-pyrrole nitrogens is 2. The molecule has 0 saturated carbocycles. The van der Waals surface area contributed by atoms with Crippen LogP contribution in [0.25, 0.3) is 11.0 Å². The van der Waals surface area contributed by atoms with Crippen molar-refractivity contribution in [1.82, 2.24) is 14.5 Å². The van der Waals surface area contributed by atoms with Crippen molar-refractivity contribution >= 4 is 22.9 Å². The number of aliphatic imine (C=N–C) groups is 1. The number of rotatable bonds is 4. The number of pyridine rings is 1. The number of hydrogen-bond acceptors (Lipinski definition) is 5. The molecule has 148 valence electrons. The highest BCUT2D eigenvalue weighted by Crippen LogP contribution is 2.23. The Kier molecular flexibility index (Phi) is 4.78. The molecule has 2 aromatic heterocycles. The van der Waals surface area contributed by atoms with Gasteiger partial charge < -0.3 is 15.1 Å². The number of aromatic nitrogens is 3. The summed E-state index contributed by atoms with van der Waals surface area (Å²) in [5.74, 6) is -0.264. The lowest BCUT2D eigenvalue weighted by molar-refractivity contribution is 0.413. The van der Waals surface area contributed by atoms with Crippen LogP contribution in [0, 0.1) is 18.3 Å². The van der Waals surface area contributed by atoms with Crippen molar-refractivity contribution in [2.24, 2.45) is 4.99 Å². The molecule has 0 bridgehead atoms. The molecule has 3 N–H and O–H groups in total. The molecule has 0 unspecified atom stereocenters. The maximum atomic E-state index is 12.7. The third-order valence-electron chi connectivity index (χ3n) is 4.87. The lowest BCUT2D eigenvalue weighted by Gasteiger charge is -2.14. The smallest absolute Gasteiger partial charge is 0.323 e. The van der Waals surface area contributed by atoms with Crippen LogP contribution in [0.4, 0.5) is 5.69 Å². The fraction of sp³-hybridized carbons (Fsp3) is 0.0909. The lowest BCUT2D eigenvalue weighted by atomic mass is 10.1. The molecular weight excluding hydrogens is 382 g/mol. The summed E-state index contributed by atoms with van der Waals surface area (Å²) in [6.45, 7) is 1.72. The number of imidazole rings is 1. The first-order valence-electron chi connectivity index (χ1n) is 9.14. The maximum Gasteiger partial charge on any atom is 0.323 e. The van der Waals surface area contributed by atoms with Crippen molar-refractivity contribution < 1.29 is 5.11 Å². The molecule has 8 heteroatoms. The van der Waals surface area contributed by atoms with Gasteiger partial charge in [0.25, 0.3) is 5.56 Å². The second-order valence-corrected chi connectivity index (χ2v) is 6.79. The molecule has 0 fully saturated rings. The number of hydrogen-bond donors (Lipinski definition) is 3. The monoisotopic (exact) mass is 399 g/mol. The van der Waals surface area contributed by atoms with Gasteiger partial charge in [-0.2, -0.15) is 5.26 Å². The third kappa shape index (κ3) is 3.40. The number of nitriles is 1. The molecule has 0 aliphatic carbocycles. The number of fused-ring (bicyclic) bond motifs is 1. The molecule has 0 amide bonds. The van der Waals surface area contributed by atoms with E-state index in [0.717, 1.165) is 10.1 Å². The Hall–Kier alpha value is -4.38. The van der Waals surface area contributed by atoms with E-state index in [0.29, 0.717) is 22.3 Å². The molecule has 2 heterocycles. The van der Waals surface area contributed by atoms with E-state index < -0.39 is 5.56 Å². The van der Waals surface area contributed by atoms with E-state index in [1.807, 2.05) is 36.4 Å². The van der Waals surface area contributed by atoms with Gasteiger partial charge in [0.1, 0.15) is 11.6 Å². The summed E-state index contributed by atoms with van der Waals surface area (Å²) < 4.78 is 1.16. The summed E-state index contributed by atoms with van der Waals surface area (Å²) in [6, 6.07) is 16.2. The number of aromatic amines is 2. The van der Waals surface area contributed by atoms with Gasteiger partial charge in [0.05, 0.1) is 28.8 Å². The van der Waals surface area contributed by atoms with Crippen LogP contribution in [0.5, 0.6) is 5.88 Å². The minimum absolute atomic E-state index is 0.0457. The summed E-state index contributed by atoms with van der Waals surface area (Å²) in [5, 5.41) is 20.3. The van der Waals surface area contributed by atoms with Gasteiger partial charge in [-0.25, -0.2) is 4.79 Å². The average molecular weight is 399 g/mol. The largest absolute Gasteiger partial charge is 0.494 e. The lowest BCUT2D eigenvalue weighted by Crippen LogP contribution is -2.25. The highest BCUT2D eigenvalue weighted by Gasteiger charge is 2.18. The predicted molar refractivity (Wildman–Crippen MR) is 114 cm³/mol. The van der Waals surface area contributed by atoms with E-state index >= 15 is 0 Å². The number of nitrogens with one attached hydrogen (secondary N) is 2. The highest BCUT2D eigenvalue weighted by atomic mass is 16.3. The molecular formula is C22H17N5O3. The standard InChI is InChI=1S/C22H17N5O3/c1-13-16(10-23)20(28)27(12-14-5-3-2-4-6-14)21(29)17(13)11-24-15-7-8-18-19(9-15)26-22(30)25-18/h2-9,11,29H,12H2,1H3,(H2,25,26,30). The third-order valence-corrected chi connectivity index (χ3v) is 4.87. The Morgan fingerprint density at radius 2 is 1.87 bits per heavy atom. The average Bonchev–Trinajstić information content (AvgIpc) is 3.11. The van der Waals surface area contributed by atoms with Gasteiger partial charge in [-0.05, 0) is 36.2 Å². The van der Waals surface area contributed by atoms with E-state index in [9.17, 15) is 20.0 Å². The van der Waals surface area contributed by atoms with Crippen molar-refractivity contribution in [3.8, 4) is 11.9 Å². The number of aromatic hydroxyl groups is 1. The molecule has 4 rings (SSSR count). The molecule has 4 aromatic rings. The molecule has 0 spiro atoms. The van der Waals surface area contributed by atoms with E-state index in [2.05, 4.69) is 15.0 Å². The topological polar surface area (TPSA) is 127 Å². The first-order chi connectivity index (χ1) is 14.5. The second kappa shape index (κ2) is 7.56. The summed E-state index contributed by atoms with van der Waals surface area (Å²) in [7, 11) is 0. The zero-order chi connectivity index (χ0) is 21.3. The molecule has 2 aromatic carbocycles. The molecule has 8 nitrogen and oxygen atoms in total. The normalized spacial score (nSPS) is 11.2. The zero-order valence-electron chi connectivity index (χ0n) is 16.0. The van der Waals surface area contributed by atoms with Crippen LogP contribution in [-0.2, 0) is 6.54 Å². The Morgan fingerprint density at radius 1 is 1.13 bits per heavy atom. The fourth-order valence-electron chi connectivity index (χ4n) is 3.28. The van der Waals surface area contributed by atoms with Gasteiger partial charge in [-0.3, -0.25) is 14.4 Å². The van der Waals surface area contributed by atoms with Gasteiger partial charge >= 0.3 is 5.69 Å². The minimum atomic E-state index is -0.556. The Morgan fingerprint density at radius 3 is 2.60 bits per heavy atom. The molecule has 0 aliphatic heterocycles. The fourth-order valence-corrected chi connectivity index (χ4v) is 3.28. The summed E-state index contributed by atoms with van der Waals surface area (Å²) in [4.78, 5) is 33.8. The van der Waals surface area contributed by atoms with Gasteiger partial charge in [-0.1, -0.05) is 30.3 Å². The Labute approximate surface area is 170 Å². The van der Waals surface area contributed by atoms with Crippen molar-refractivity contribution in [2.75, 3.05) is 0 Å². The number of benzene rings is 2. The van der Waals surface area contributed by atoms with Crippen LogP contribution in [0.15, 0.2) is 63.1 Å². The van der Waals surface area contributed by atoms with E-state index in [-0.39, 0.29) is 29.2 Å². The Bertz CT molecular complexity index is 1440. The summed E-state index contributed by atoms with van der Waals surface area (Å²) in [6.07, 6.45) is 1.42. The van der Waals surface area contributed by atoms with E-state index in [1.165, 1.54) is 6.21 Å². The van der Waals surface area contributed by atoms with Crippen LogP contribution in [0.3, 0.4) is 0 Å². The quantitative estimate of drug-likeness (QED) is 0.456. The Balaban J connectivity index is 1.80. The molecule has 0 radical (unpaired) electrons. The van der Waals surface area contributed by atoms with Crippen LogP contribution in [0.1, 0.15) is 22.3 Å². The molecule has 0 atom stereocenters. The van der Waals surface area contributed by atoms with Crippen molar-refractivity contribution in [2.45, 2.75) is 13.5 Å².